The van der Waals surface area contributed by atoms with Crippen LogP contribution >= 0.6 is 0 Å². The first kappa shape index (κ1) is 18.1. The largest absolute Gasteiger partial charge is 0.477 e. The average molecular weight is 354 g/mol. The number of benzene rings is 1. The van der Waals surface area contributed by atoms with Gasteiger partial charge >= 0.3 is 5.97 Å². The van der Waals surface area contributed by atoms with Gasteiger partial charge < -0.3 is 15.2 Å². The Morgan fingerprint density at radius 2 is 1.96 bits per heavy atom. The van der Waals surface area contributed by atoms with Gasteiger partial charge in [0.25, 0.3) is 5.91 Å². The van der Waals surface area contributed by atoms with Gasteiger partial charge in [-0.25, -0.2) is 9.78 Å². The monoisotopic (exact) mass is 354 g/mol. The first-order valence-corrected chi connectivity index (χ1v) is 8.83. The van der Waals surface area contributed by atoms with Crippen molar-refractivity contribution in [3.8, 4) is 0 Å². The number of rotatable bonds is 7. The van der Waals surface area contributed by atoms with Gasteiger partial charge in [0.2, 0.25) is 0 Å². The molecule has 0 spiro atoms. The lowest BCUT2D eigenvalue weighted by Gasteiger charge is -2.25. The first-order chi connectivity index (χ1) is 12.6. The number of nitrogens with one attached hydrogen (secondary N) is 1. The highest BCUT2D eigenvalue weighted by Crippen LogP contribution is 2.32. The standard InChI is InChI=1S/C20H22N2O4/c23-19(16-9-4-10-17(22-16)20(24)25)21-12-5-13-26-18-11-3-7-14-6-1-2-8-15(14)18/h1-2,4,6,8-10,18H,3,5,7,11-13H2,(H,21,23)(H,24,25). The number of carboxylic acids is 1. The van der Waals surface area contributed by atoms with Crippen LogP contribution < -0.4 is 5.32 Å². The quantitative estimate of drug-likeness (QED) is 0.746. The van der Waals surface area contributed by atoms with Gasteiger partial charge in [0, 0.05) is 13.2 Å². The van der Waals surface area contributed by atoms with Crippen LogP contribution in [0.5, 0.6) is 0 Å². The van der Waals surface area contributed by atoms with Crippen LogP contribution in [0.4, 0.5) is 0 Å². The summed E-state index contributed by atoms with van der Waals surface area (Å²) in [5, 5.41) is 11.7. The number of fused-ring (bicyclic) bond motifs is 1. The maximum absolute atomic E-state index is 12.0. The molecular weight excluding hydrogens is 332 g/mol. The lowest BCUT2D eigenvalue weighted by molar-refractivity contribution is 0.0393. The number of amides is 1. The summed E-state index contributed by atoms with van der Waals surface area (Å²) < 4.78 is 6.00. The zero-order valence-corrected chi connectivity index (χ0v) is 14.5. The van der Waals surface area contributed by atoms with Crippen molar-refractivity contribution in [1.82, 2.24) is 10.3 Å². The second-order valence-electron chi connectivity index (χ2n) is 6.27. The molecule has 1 unspecified atom stereocenters. The second-order valence-corrected chi connectivity index (χ2v) is 6.27. The average Bonchev–Trinajstić information content (AvgIpc) is 2.67. The summed E-state index contributed by atoms with van der Waals surface area (Å²) in [7, 11) is 0. The van der Waals surface area contributed by atoms with Crippen molar-refractivity contribution >= 4 is 11.9 Å². The van der Waals surface area contributed by atoms with Crippen molar-refractivity contribution in [2.24, 2.45) is 0 Å². The highest BCUT2D eigenvalue weighted by molar-refractivity contribution is 5.94. The van der Waals surface area contributed by atoms with Crippen molar-refractivity contribution in [3.63, 3.8) is 0 Å². The maximum atomic E-state index is 12.0. The van der Waals surface area contributed by atoms with Crippen LogP contribution in [-0.4, -0.2) is 35.1 Å². The van der Waals surface area contributed by atoms with Gasteiger partial charge in [-0.1, -0.05) is 30.3 Å². The Hall–Kier alpha value is -2.73. The Bertz CT molecular complexity index is 791. The minimum Gasteiger partial charge on any atom is -0.477 e. The summed E-state index contributed by atoms with van der Waals surface area (Å²) in [5.74, 6) is -1.53. The predicted octanol–water partition coefficient (Wildman–Crippen LogP) is 2.99. The number of hydrogen-bond donors (Lipinski definition) is 2. The molecule has 6 heteroatoms. The molecule has 26 heavy (non-hydrogen) atoms. The van der Waals surface area contributed by atoms with Gasteiger partial charge in [-0.15, -0.1) is 0 Å². The van der Waals surface area contributed by atoms with E-state index < -0.39 is 5.97 Å². The van der Waals surface area contributed by atoms with E-state index in [1.165, 1.54) is 29.3 Å². The summed E-state index contributed by atoms with van der Waals surface area (Å²) in [6.45, 7) is 1.01. The van der Waals surface area contributed by atoms with E-state index in [0.29, 0.717) is 19.6 Å². The number of pyridine rings is 1. The number of nitrogens with zero attached hydrogens (tertiary/aromatic N) is 1. The van der Waals surface area contributed by atoms with Crippen LogP contribution in [0.1, 0.15) is 57.5 Å². The van der Waals surface area contributed by atoms with Gasteiger partial charge in [0.15, 0.2) is 0 Å². The molecule has 136 valence electrons. The molecule has 2 N–H and O–H groups in total. The number of ether oxygens (including phenoxy) is 1. The van der Waals surface area contributed by atoms with Gasteiger partial charge in [0.1, 0.15) is 11.4 Å². The summed E-state index contributed by atoms with van der Waals surface area (Å²) in [4.78, 5) is 26.8. The molecule has 6 nitrogen and oxygen atoms in total. The Balaban J connectivity index is 1.43. The molecule has 0 fully saturated rings. The molecule has 0 saturated carbocycles. The van der Waals surface area contributed by atoms with Crippen LogP contribution in [0.25, 0.3) is 0 Å². The Kier molecular flexibility index (Phi) is 5.96. The zero-order chi connectivity index (χ0) is 18.4. The van der Waals surface area contributed by atoms with Crippen molar-refractivity contribution in [1.29, 1.82) is 0 Å². The predicted molar refractivity (Wildman–Crippen MR) is 96.2 cm³/mol. The van der Waals surface area contributed by atoms with Crippen LogP contribution in [0, 0.1) is 0 Å². The molecule has 2 aromatic rings. The fourth-order valence-corrected chi connectivity index (χ4v) is 3.15. The molecule has 1 aromatic heterocycles. The first-order valence-electron chi connectivity index (χ1n) is 8.83. The van der Waals surface area contributed by atoms with Gasteiger partial charge in [0.05, 0.1) is 6.10 Å². The molecule has 1 aliphatic carbocycles. The number of carbonyl (C=O) groups excluding carboxylic acids is 1. The van der Waals surface area contributed by atoms with E-state index in [-0.39, 0.29) is 23.4 Å². The molecular formula is C20H22N2O4. The molecule has 0 aliphatic heterocycles. The molecule has 0 saturated heterocycles. The molecule has 3 rings (SSSR count). The molecule has 1 aliphatic rings. The minimum absolute atomic E-state index is 0.104. The highest BCUT2D eigenvalue weighted by atomic mass is 16.5. The third-order valence-electron chi connectivity index (χ3n) is 4.44. The molecule has 1 heterocycles. The summed E-state index contributed by atoms with van der Waals surface area (Å²) in [6, 6.07) is 12.7. The van der Waals surface area contributed by atoms with E-state index in [1.54, 1.807) is 0 Å². The molecule has 1 aromatic carbocycles. The fraction of sp³-hybridized carbons (Fsp3) is 0.350. The van der Waals surface area contributed by atoms with Crippen LogP contribution in [-0.2, 0) is 11.2 Å². The van der Waals surface area contributed by atoms with E-state index >= 15 is 0 Å². The number of aryl methyl sites for hydroxylation is 1. The smallest absolute Gasteiger partial charge is 0.354 e. The number of aromatic nitrogens is 1. The zero-order valence-electron chi connectivity index (χ0n) is 14.5. The summed E-state index contributed by atoms with van der Waals surface area (Å²) in [5.41, 5.74) is 2.60. The fourth-order valence-electron chi connectivity index (χ4n) is 3.15. The molecule has 1 amide bonds. The van der Waals surface area contributed by atoms with Gasteiger partial charge in [-0.05, 0) is 48.9 Å². The van der Waals surface area contributed by atoms with Crippen molar-refractivity contribution in [3.05, 3.63) is 65.0 Å². The van der Waals surface area contributed by atoms with E-state index in [1.807, 2.05) is 6.07 Å². The van der Waals surface area contributed by atoms with E-state index in [4.69, 9.17) is 9.84 Å². The number of hydrogen-bond acceptors (Lipinski definition) is 4. The van der Waals surface area contributed by atoms with Crippen LogP contribution in [0.2, 0.25) is 0 Å². The Morgan fingerprint density at radius 3 is 2.81 bits per heavy atom. The van der Waals surface area contributed by atoms with Crippen molar-refractivity contribution < 1.29 is 19.4 Å². The number of carbonyl (C=O) groups is 2. The van der Waals surface area contributed by atoms with Gasteiger partial charge in [-0.2, -0.15) is 0 Å². The Morgan fingerprint density at radius 1 is 1.15 bits per heavy atom. The Labute approximate surface area is 152 Å². The third-order valence-corrected chi connectivity index (χ3v) is 4.44. The normalized spacial score (nSPS) is 15.9. The number of carboxylic acid groups (broad SMARTS) is 1. The SMILES string of the molecule is O=C(O)c1cccc(C(=O)NCCCOC2CCCc3ccccc32)n1. The second kappa shape index (κ2) is 8.58. The topological polar surface area (TPSA) is 88.5 Å². The van der Waals surface area contributed by atoms with Crippen LogP contribution in [0.3, 0.4) is 0 Å². The third kappa shape index (κ3) is 4.46. The lowest BCUT2D eigenvalue weighted by atomic mass is 9.89. The number of aromatic carboxylic acids is 1. The summed E-state index contributed by atoms with van der Waals surface area (Å²) >= 11 is 0. The van der Waals surface area contributed by atoms with E-state index in [2.05, 4.69) is 28.5 Å². The minimum atomic E-state index is -1.15. The van der Waals surface area contributed by atoms with Crippen molar-refractivity contribution in [2.45, 2.75) is 31.8 Å². The van der Waals surface area contributed by atoms with E-state index in [0.717, 1.165) is 19.3 Å². The maximum Gasteiger partial charge on any atom is 0.354 e. The van der Waals surface area contributed by atoms with Crippen molar-refractivity contribution in [2.75, 3.05) is 13.2 Å². The van der Waals surface area contributed by atoms with E-state index in [9.17, 15) is 9.59 Å². The highest BCUT2D eigenvalue weighted by Gasteiger charge is 2.19. The molecule has 0 bridgehead atoms. The van der Waals surface area contributed by atoms with Gasteiger partial charge in [-0.3, -0.25) is 4.79 Å². The molecule has 0 radical (unpaired) electrons. The summed E-state index contributed by atoms with van der Waals surface area (Å²) in [6.07, 6.45) is 4.07. The van der Waals surface area contributed by atoms with Crippen LogP contribution in [0.15, 0.2) is 42.5 Å². The molecule has 1 atom stereocenters. The lowest BCUT2D eigenvalue weighted by Crippen LogP contribution is -2.27.